The number of carbonyl (C=O) groups excluding carboxylic acids is 1. The molecule has 0 aliphatic heterocycles. The van der Waals surface area contributed by atoms with E-state index < -0.39 is 22.6 Å². The summed E-state index contributed by atoms with van der Waals surface area (Å²) in [5.41, 5.74) is -0.543. The maximum absolute atomic E-state index is 12.9. The standard InChI is InChI=1S/C22H16ClN3O4/c23-16-8-4-5-14(11-16)12-26-10-9-25-13-17(19(27)20(28)18(25)22(26)30)24-21(29)15-6-2-1-3-7-15/h1-11,13,28H,12H2,(H,24,29). The fourth-order valence-electron chi connectivity index (χ4n) is 3.13. The van der Waals surface area contributed by atoms with Crippen molar-refractivity contribution in [2.24, 2.45) is 0 Å². The fraction of sp³-hybridized carbons (Fsp3) is 0.0455. The number of pyridine rings is 1. The van der Waals surface area contributed by atoms with Crippen LogP contribution < -0.4 is 16.3 Å². The predicted octanol–water partition coefficient (Wildman–Crippen LogP) is 3.12. The normalized spacial score (nSPS) is 10.8. The van der Waals surface area contributed by atoms with Gasteiger partial charge in [0.15, 0.2) is 11.3 Å². The fourth-order valence-corrected chi connectivity index (χ4v) is 3.35. The van der Waals surface area contributed by atoms with Crippen LogP contribution in [-0.2, 0) is 6.54 Å². The number of hydrogen-bond acceptors (Lipinski definition) is 4. The Labute approximate surface area is 175 Å². The van der Waals surface area contributed by atoms with Crippen LogP contribution in [0.1, 0.15) is 15.9 Å². The second-order valence-electron chi connectivity index (χ2n) is 6.66. The average Bonchev–Trinajstić information content (AvgIpc) is 2.74. The highest BCUT2D eigenvalue weighted by Gasteiger charge is 2.16. The zero-order chi connectivity index (χ0) is 21.3. The van der Waals surface area contributed by atoms with E-state index in [1.54, 1.807) is 48.5 Å². The average molecular weight is 422 g/mol. The Morgan fingerprint density at radius 3 is 2.53 bits per heavy atom. The Morgan fingerprint density at radius 1 is 1.03 bits per heavy atom. The van der Waals surface area contributed by atoms with Crippen molar-refractivity contribution in [2.75, 3.05) is 5.32 Å². The first-order valence-electron chi connectivity index (χ1n) is 9.02. The molecule has 8 heteroatoms. The zero-order valence-electron chi connectivity index (χ0n) is 15.6. The van der Waals surface area contributed by atoms with Crippen LogP contribution in [0, 0.1) is 0 Å². The van der Waals surface area contributed by atoms with Gasteiger partial charge in [0.1, 0.15) is 5.69 Å². The van der Waals surface area contributed by atoms with Gasteiger partial charge in [-0.25, -0.2) is 0 Å². The molecule has 0 spiro atoms. The van der Waals surface area contributed by atoms with Crippen LogP contribution in [0.15, 0.2) is 82.8 Å². The van der Waals surface area contributed by atoms with E-state index in [4.69, 9.17) is 11.6 Å². The summed E-state index contributed by atoms with van der Waals surface area (Å²) in [7, 11) is 0. The Morgan fingerprint density at radius 2 is 1.80 bits per heavy atom. The SMILES string of the molecule is O=C(Nc1cn2ccn(Cc3cccc(Cl)c3)c(=O)c2c(O)c1=O)c1ccccc1. The molecule has 2 aromatic carbocycles. The van der Waals surface area contributed by atoms with Crippen LogP contribution in [0.5, 0.6) is 5.75 Å². The van der Waals surface area contributed by atoms with Crippen molar-refractivity contribution < 1.29 is 9.90 Å². The molecular formula is C22H16ClN3O4. The molecule has 150 valence electrons. The van der Waals surface area contributed by atoms with Crippen molar-refractivity contribution in [3.05, 3.63) is 110 Å². The molecule has 0 fully saturated rings. The number of rotatable bonds is 4. The smallest absolute Gasteiger partial charge is 0.279 e. The largest absolute Gasteiger partial charge is 0.502 e. The minimum absolute atomic E-state index is 0.133. The van der Waals surface area contributed by atoms with Crippen molar-refractivity contribution in [1.82, 2.24) is 8.97 Å². The van der Waals surface area contributed by atoms with Gasteiger partial charge in [-0.1, -0.05) is 41.9 Å². The number of fused-ring (bicyclic) bond motifs is 1. The van der Waals surface area contributed by atoms with Gasteiger partial charge in [-0.2, -0.15) is 0 Å². The first-order chi connectivity index (χ1) is 14.4. The lowest BCUT2D eigenvalue weighted by Crippen LogP contribution is -2.26. The van der Waals surface area contributed by atoms with E-state index in [9.17, 15) is 19.5 Å². The maximum Gasteiger partial charge on any atom is 0.279 e. The molecule has 2 aromatic heterocycles. The molecule has 0 saturated heterocycles. The number of hydrogen-bond donors (Lipinski definition) is 2. The lowest BCUT2D eigenvalue weighted by atomic mass is 10.2. The third-order valence-corrected chi connectivity index (χ3v) is 4.84. The van der Waals surface area contributed by atoms with Crippen LogP contribution in [-0.4, -0.2) is 20.0 Å². The van der Waals surface area contributed by atoms with Crippen molar-refractivity contribution >= 4 is 28.7 Å². The van der Waals surface area contributed by atoms with Crippen molar-refractivity contribution in [1.29, 1.82) is 0 Å². The van der Waals surface area contributed by atoms with Crippen LogP contribution in [0.25, 0.3) is 5.52 Å². The van der Waals surface area contributed by atoms with E-state index in [1.807, 2.05) is 6.07 Å². The molecule has 4 aromatic rings. The molecule has 0 bridgehead atoms. The summed E-state index contributed by atoms with van der Waals surface area (Å²) in [6.07, 6.45) is 4.37. The Bertz CT molecular complexity index is 1380. The van der Waals surface area contributed by atoms with E-state index >= 15 is 0 Å². The second-order valence-corrected chi connectivity index (χ2v) is 7.09. The van der Waals surface area contributed by atoms with Gasteiger partial charge in [0.2, 0.25) is 5.43 Å². The molecule has 1 amide bonds. The van der Waals surface area contributed by atoms with Crippen LogP contribution >= 0.6 is 11.6 Å². The monoisotopic (exact) mass is 421 g/mol. The minimum atomic E-state index is -0.836. The minimum Gasteiger partial charge on any atom is -0.502 e. The van der Waals surface area contributed by atoms with Gasteiger partial charge in [-0.05, 0) is 29.8 Å². The van der Waals surface area contributed by atoms with Crippen LogP contribution in [0.2, 0.25) is 5.02 Å². The summed E-state index contributed by atoms with van der Waals surface area (Å²) in [5.74, 6) is -1.23. The highest BCUT2D eigenvalue weighted by Crippen LogP contribution is 2.16. The first-order valence-corrected chi connectivity index (χ1v) is 9.40. The number of carbonyl (C=O) groups is 1. The van der Waals surface area contributed by atoms with Gasteiger partial charge in [0.05, 0.1) is 6.54 Å². The predicted molar refractivity (Wildman–Crippen MR) is 115 cm³/mol. The lowest BCUT2D eigenvalue weighted by molar-refractivity contribution is 0.102. The molecule has 2 heterocycles. The van der Waals surface area contributed by atoms with Gasteiger partial charge >= 0.3 is 0 Å². The van der Waals surface area contributed by atoms with Gasteiger partial charge in [-0.3, -0.25) is 14.4 Å². The summed E-state index contributed by atoms with van der Waals surface area (Å²) in [5, 5.41) is 13.4. The molecule has 0 aliphatic rings. The number of halogens is 1. The van der Waals surface area contributed by atoms with E-state index in [-0.39, 0.29) is 17.7 Å². The van der Waals surface area contributed by atoms with Gasteiger partial charge in [0, 0.05) is 29.2 Å². The van der Waals surface area contributed by atoms with Crippen LogP contribution in [0.4, 0.5) is 5.69 Å². The third-order valence-electron chi connectivity index (χ3n) is 4.61. The first kappa shape index (κ1) is 19.5. The van der Waals surface area contributed by atoms with Gasteiger partial charge in [0.25, 0.3) is 11.5 Å². The summed E-state index contributed by atoms with van der Waals surface area (Å²) < 4.78 is 2.68. The topological polar surface area (TPSA) is 92.8 Å². The zero-order valence-corrected chi connectivity index (χ0v) is 16.3. The number of aromatic nitrogens is 2. The molecule has 0 atom stereocenters. The summed E-state index contributed by atoms with van der Waals surface area (Å²) >= 11 is 5.99. The quantitative estimate of drug-likeness (QED) is 0.529. The molecular weight excluding hydrogens is 406 g/mol. The number of nitrogens with one attached hydrogen (secondary N) is 1. The van der Waals surface area contributed by atoms with E-state index in [0.717, 1.165) is 5.56 Å². The highest BCUT2D eigenvalue weighted by atomic mass is 35.5. The summed E-state index contributed by atoms with van der Waals surface area (Å²) in [4.78, 5) is 37.8. The molecule has 0 unspecified atom stereocenters. The highest BCUT2D eigenvalue weighted by molar-refractivity contribution is 6.30. The maximum atomic E-state index is 12.9. The van der Waals surface area contributed by atoms with Crippen molar-refractivity contribution in [3.63, 3.8) is 0 Å². The number of benzene rings is 2. The molecule has 7 nitrogen and oxygen atoms in total. The molecule has 0 radical (unpaired) electrons. The Balaban J connectivity index is 1.74. The molecule has 0 saturated carbocycles. The van der Waals surface area contributed by atoms with Crippen molar-refractivity contribution in [3.8, 4) is 5.75 Å². The van der Waals surface area contributed by atoms with Crippen molar-refractivity contribution in [2.45, 2.75) is 6.54 Å². The number of anilines is 1. The summed E-state index contributed by atoms with van der Waals surface area (Å²) in [6.45, 7) is 0.218. The van der Waals surface area contributed by atoms with E-state index in [1.165, 1.54) is 27.6 Å². The van der Waals surface area contributed by atoms with E-state index in [0.29, 0.717) is 10.6 Å². The number of amides is 1. The molecule has 4 rings (SSSR count). The van der Waals surface area contributed by atoms with Crippen LogP contribution in [0.3, 0.4) is 0 Å². The molecule has 2 N–H and O–H groups in total. The number of aromatic hydroxyl groups is 1. The van der Waals surface area contributed by atoms with Gasteiger partial charge < -0.3 is 19.4 Å². The Hall–Kier alpha value is -3.84. The van der Waals surface area contributed by atoms with Gasteiger partial charge in [-0.15, -0.1) is 0 Å². The lowest BCUT2D eigenvalue weighted by Gasteiger charge is -2.12. The number of nitrogens with zero attached hydrogens (tertiary/aromatic N) is 2. The summed E-state index contributed by atoms with van der Waals surface area (Å²) in [6, 6.07) is 15.4. The molecule has 0 aliphatic carbocycles. The Kier molecular flexibility index (Phi) is 5.12. The molecule has 30 heavy (non-hydrogen) atoms. The second kappa shape index (κ2) is 7.88. The van der Waals surface area contributed by atoms with E-state index in [2.05, 4.69) is 5.32 Å². The third kappa shape index (κ3) is 3.70.